The van der Waals surface area contributed by atoms with Gasteiger partial charge in [-0.1, -0.05) is 18.2 Å². The Morgan fingerprint density at radius 2 is 1.70 bits per heavy atom. The van der Waals surface area contributed by atoms with Crippen LogP contribution in [-0.2, 0) is 4.79 Å². The van der Waals surface area contributed by atoms with E-state index in [2.05, 4.69) is 12.1 Å². The second-order valence-electron chi connectivity index (χ2n) is 4.88. The molecule has 0 fully saturated rings. The van der Waals surface area contributed by atoms with E-state index >= 15 is 0 Å². The van der Waals surface area contributed by atoms with E-state index < -0.39 is 0 Å². The predicted molar refractivity (Wildman–Crippen MR) is 94.7 cm³/mol. The van der Waals surface area contributed by atoms with Crippen LogP contribution in [0, 0.1) is 0 Å². The molecule has 0 bridgehead atoms. The molecule has 0 unspecified atom stereocenters. The zero-order valence-corrected chi connectivity index (χ0v) is 14.2. The minimum Gasteiger partial charge on any atom is -0.497 e. The Balaban J connectivity index is 1.93. The second-order valence-corrected chi connectivity index (χ2v) is 6.05. The number of anilines is 1. The van der Waals surface area contributed by atoms with Crippen LogP contribution in [0.2, 0.25) is 0 Å². The van der Waals surface area contributed by atoms with E-state index in [1.165, 1.54) is 4.90 Å². The van der Waals surface area contributed by atoms with Gasteiger partial charge in [-0.25, -0.2) is 0 Å². The normalized spacial score (nSPS) is 10.2. The first-order valence-corrected chi connectivity index (χ1v) is 8.38. The van der Waals surface area contributed by atoms with E-state index in [0.717, 1.165) is 24.3 Å². The number of rotatable bonds is 9. The summed E-state index contributed by atoms with van der Waals surface area (Å²) in [5, 5.41) is 0. The van der Waals surface area contributed by atoms with Crippen LogP contribution in [0.3, 0.4) is 0 Å². The summed E-state index contributed by atoms with van der Waals surface area (Å²) in [5.41, 5.74) is 0.779. The number of benzene rings is 2. The quantitative estimate of drug-likeness (QED) is 0.397. The largest absolute Gasteiger partial charge is 0.497 e. The first-order valence-electron chi connectivity index (χ1n) is 7.39. The summed E-state index contributed by atoms with van der Waals surface area (Å²) >= 11 is 1.79. The number of amides is 1. The highest BCUT2D eigenvalue weighted by Crippen LogP contribution is 2.28. The third-order valence-electron chi connectivity index (χ3n) is 3.35. The highest BCUT2D eigenvalue weighted by molar-refractivity contribution is 7.99. The topological polar surface area (TPSA) is 38.8 Å². The van der Waals surface area contributed by atoms with Gasteiger partial charge in [0, 0.05) is 29.6 Å². The fourth-order valence-corrected chi connectivity index (χ4v) is 3.00. The molecule has 0 aliphatic heterocycles. The number of carbonyl (C=O) groups is 1. The predicted octanol–water partition coefficient (Wildman–Crippen LogP) is 3.85. The molecule has 2 aromatic carbocycles. The third-order valence-corrected chi connectivity index (χ3v) is 4.45. The number of carbonyl (C=O) groups excluding carboxylic acids is 1. The lowest BCUT2D eigenvalue weighted by Gasteiger charge is -2.19. The van der Waals surface area contributed by atoms with Gasteiger partial charge < -0.3 is 14.4 Å². The number of methoxy groups -OCH3 is 2. The summed E-state index contributed by atoms with van der Waals surface area (Å²) in [6, 6.07) is 15.7. The molecule has 0 aromatic heterocycles. The molecule has 2 aromatic rings. The van der Waals surface area contributed by atoms with Crippen LogP contribution in [-0.4, -0.2) is 32.9 Å². The minimum absolute atomic E-state index is 0.652. The molecule has 23 heavy (non-hydrogen) atoms. The highest BCUT2D eigenvalue weighted by Gasteiger charge is 2.09. The number of hydrogen-bond donors (Lipinski definition) is 0. The lowest BCUT2D eigenvalue weighted by atomic mass is 10.2. The molecule has 1 amide bonds. The van der Waals surface area contributed by atoms with Gasteiger partial charge in [0.1, 0.15) is 11.5 Å². The van der Waals surface area contributed by atoms with Crippen LogP contribution in [0.15, 0.2) is 53.4 Å². The molecule has 2 rings (SSSR count). The summed E-state index contributed by atoms with van der Waals surface area (Å²) in [4.78, 5) is 14.3. The molecular formula is C18H21NO3S. The van der Waals surface area contributed by atoms with E-state index in [-0.39, 0.29) is 0 Å². The van der Waals surface area contributed by atoms with Crippen LogP contribution in [0.5, 0.6) is 11.5 Å². The molecule has 0 aliphatic rings. The zero-order valence-electron chi connectivity index (χ0n) is 13.4. The average Bonchev–Trinajstić information content (AvgIpc) is 2.62. The van der Waals surface area contributed by atoms with Crippen LogP contribution < -0.4 is 14.4 Å². The monoisotopic (exact) mass is 331 g/mol. The van der Waals surface area contributed by atoms with Gasteiger partial charge in [0.15, 0.2) is 0 Å². The Kier molecular flexibility index (Phi) is 6.81. The molecule has 0 atom stereocenters. The first kappa shape index (κ1) is 17.2. The molecule has 0 N–H and O–H groups in total. The van der Waals surface area contributed by atoms with Crippen molar-refractivity contribution in [1.82, 2.24) is 0 Å². The van der Waals surface area contributed by atoms with Gasteiger partial charge in [0.25, 0.3) is 0 Å². The molecule has 0 heterocycles. The van der Waals surface area contributed by atoms with Crippen LogP contribution in [0.4, 0.5) is 5.69 Å². The maximum absolute atomic E-state index is 11.4. The van der Waals surface area contributed by atoms with Crippen LogP contribution >= 0.6 is 11.8 Å². The molecular weight excluding hydrogens is 310 g/mol. The van der Waals surface area contributed by atoms with Gasteiger partial charge in [-0.2, -0.15) is 0 Å². The van der Waals surface area contributed by atoms with E-state index in [0.29, 0.717) is 18.0 Å². The molecule has 0 saturated carbocycles. The summed E-state index contributed by atoms with van der Waals surface area (Å²) < 4.78 is 10.5. The van der Waals surface area contributed by atoms with Crippen molar-refractivity contribution >= 4 is 23.9 Å². The van der Waals surface area contributed by atoms with Crippen molar-refractivity contribution < 1.29 is 14.3 Å². The van der Waals surface area contributed by atoms with Crippen molar-refractivity contribution in [2.24, 2.45) is 0 Å². The zero-order chi connectivity index (χ0) is 16.5. The Morgan fingerprint density at radius 3 is 2.26 bits per heavy atom. The second kappa shape index (κ2) is 9.10. The van der Waals surface area contributed by atoms with Crippen molar-refractivity contribution in [1.29, 1.82) is 0 Å². The molecule has 0 spiro atoms. The molecule has 5 heteroatoms. The van der Waals surface area contributed by atoms with E-state index in [9.17, 15) is 4.79 Å². The molecule has 0 aliphatic carbocycles. The van der Waals surface area contributed by atoms with Gasteiger partial charge >= 0.3 is 0 Å². The SMILES string of the molecule is COc1cc(OC)cc(N(C=O)CCCSc2ccccc2)c1. The Labute approximate surface area is 141 Å². The Hall–Kier alpha value is -2.14. The van der Waals surface area contributed by atoms with Gasteiger partial charge in [0.05, 0.1) is 19.9 Å². The van der Waals surface area contributed by atoms with Gasteiger partial charge in [-0.3, -0.25) is 4.79 Å². The van der Waals surface area contributed by atoms with E-state index in [1.54, 1.807) is 36.9 Å². The maximum Gasteiger partial charge on any atom is 0.214 e. The standard InChI is InChI=1S/C18H21NO3S/c1-21-16-11-15(12-17(13-16)22-2)19(14-20)9-6-10-23-18-7-4-3-5-8-18/h3-5,7-8,11-14H,6,9-10H2,1-2H3. The minimum atomic E-state index is 0.652. The molecule has 4 nitrogen and oxygen atoms in total. The van der Waals surface area contributed by atoms with Crippen LogP contribution in [0.25, 0.3) is 0 Å². The van der Waals surface area contributed by atoms with Crippen molar-refractivity contribution in [2.45, 2.75) is 11.3 Å². The number of nitrogens with zero attached hydrogens (tertiary/aromatic N) is 1. The summed E-state index contributed by atoms with van der Waals surface area (Å²) in [6.07, 6.45) is 1.75. The van der Waals surface area contributed by atoms with Crippen molar-refractivity contribution in [3.05, 3.63) is 48.5 Å². The van der Waals surface area contributed by atoms with Gasteiger partial charge in [-0.15, -0.1) is 11.8 Å². The summed E-state index contributed by atoms with van der Waals surface area (Å²) in [5.74, 6) is 2.30. The lowest BCUT2D eigenvalue weighted by Crippen LogP contribution is -2.22. The summed E-state index contributed by atoms with van der Waals surface area (Å²) in [6.45, 7) is 0.652. The molecule has 122 valence electrons. The maximum atomic E-state index is 11.4. The number of ether oxygens (including phenoxy) is 2. The smallest absolute Gasteiger partial charge is 0.214 e. The van der Waals surface area contributed by atoms with Crippen molar-refractivity contribution in [3.63, 3.8) is 0 Å². The van der Waals surface area contributed by atoms with E-state index in [1.807, 2.05) is 30.3 Å². The Morgan fingerprint density at radius 1 is 1.04 bits per heavy atom. The fraction of sp³-hybridized carbons (Fsp3) is 0.278. The Bertz CT molecular complexity index is 597. The average molecular weight is 331 g/mol. The van der Waals surface area contributed by atoms with Crippen molar-refractivity contribution in [2.75, 3.05) is 31.4 Å². The fourth-order valence-electron chi connectivity index (χ4n) is 2.14. The van der Waals surface area contributed by atoms with Gasteiger partial charge in [0.2, 0.25) is 6.41 Å². The first-order chi connectivity index (χ1) is 11.3. The van der Waals surface area contributed by atoms with Gasteiger partial charge in [-0.05, 0) is 24.3 Å². The summed E-state index contributed by atoms with van der Waals surface area (Å²) in [7, 11) is 3.20. The van der Waals surface area contributed by atoms with E-state index in [4.69, 9.17) is 9.47 Å². The lowest BCUT2D eigenvalue weighted by molar-refractivity contribution is -0.107. The van der Waals surface area contributed by atoms with Crippen molar-refractivity contribution in [3.8, 4) is 11.5 Å². The molecule has 0 radical (unpaired) electrons. The number of thioether (sulfide) groups is 1. The van der Waals surface area contributed by atoms with Crippen LogP contribution in [0.1, 0.15) is 6.42 Å². The number of hydrogen-bond acceptors (Lipinski definition) is 4. The third kappa shape index (κ3) is 5.21. The highest BCUT2D eigenvalue weighted by atomic mass is 32.2. The molecule has 0 saturated heterocycles.